The van der Waals surface area contributed by atoms with Gasteiger partial charge in [0, 0.05) is 17.7 Å². The van der Waals surface area contributed by atoms with Gasteiger partial charge in [0.1, 0.15) is 11.6 Å². The van der Waals surface area contributed by atoms with Crippen LogP contribution in [0.1, 0.15) is 10.4 Å². The molecule has 0 unspecified atom stereocenters. The number of hydrogen-bond donors (Lipinski definition) is 2. The molecule has 5 heteroatoms. The van der Waals surface area contributed by atoms with E-state index in [4.69, 9.17) is 15.7 Å². The minimum atomic E-state index is 0.200. The number of rotatable bonds is 6. The summed E-state index contributed by atoms with van der Waals surface area (Å²) in [7, 11) is 0. The van der Waals surface area contributed by atoms with Gasteiger partial charge >= 0.3 is 0 Å². The fourth-order valence-corrected chi connectivity index (χ4v) is 2.36. The molecule has 0 radical (unpaired) electrons. The maximum absolute atomic E-state index is 8.50. The lowest BCUT2D eigenvalue weighted by atomic mass is 10.1. The third-order valence-corrected chi connectivity index (χ3v) is 3.57. The Labute approximate surface area is 116 Å². The number of oxime groups is 1. The van der Waals surface area contributed by atoms with E-state index in [1.807, 2.05) is 30.3 Å². The molecular formula is C14H16N2O2S. The van der Waals surface area contributed by atoms with E-state index in [1.165, 1.54) is 4.88 Å². The molecule has 0 saturated carbocycles. The number of amidine groups is 1. The van der Waals surface area contributed by atoms with Gasteiger partial charge in [-0.1, -0.05) is 23.4 Å². The predicted molar refractivity (Wildman–Crippen MR) is 77.1 cm³/mol. The molecule has 0 amide bonds. The van der Waals surface area contributed by atoms with Crippen LogP contribution in [0, 0.1) is 0 Å². The number of nitrogens with two attached hydrogens (primary N) is 1. The first-order valence-electron chi connectivity index (χ1n) is 5.98. The van der Waals surface area contributed by atoms with Gasteiger partial charge in [-0.15, -0.1) is 11.3 Å². The molecule has 2 aromatic rings. The van der Waals surface area contributed by atoms with Crippen LogP contribution in [0.5, 0.6) is 5.75 Å². The van der Waals surface area contributed by atoms with E-state index in [-0.39, 0.29) is 5.84 Å². The van der Waals surface area contributed by atoms with Crippen molar-refractivity contribution in [1.29, 1.82) is 0 Å². The summed E-state index contributed by atoms with van der Waals surface area (Å²) in [4.78, 5) is 1.32. The van der Waals surface area contributed by atoms with E-state index in [2.05, 4.69) is 16.6 Å². The van der Waals surface area contributed by atoms with Crippen LogP contribution < -0.4 is 10.5 Å². The summed E-state index contributed by atoms with van der Waals surface area (Å²) in [5, 5.41) is 13.5. The van der Waals surface area contributed by atoms with Gasteiger partial charge in [-0.2, -0.15) is 0 Å². The second-order valence-corrected chi connectivity index (χ2v) is 5.12. The van der Waals surface area contributed by atoms with Gasteiger partial charge in [0.2, 0.25) is 0 Å². The van der Waals surface area contributed by atoms with Gasteiger partial charge < -0.3 is 15.7 Å². The Kier molecular flexibility index (Phi) is 4.80. The first-order valence-corrected chi connectivity index (χ1v) is 6.86. The van der Waals surface area contributed by atoms with Crippen molar-refractivity contribution in [1.82, 2.24) is 0 Å². The predicted octanol–water partition coefficient (Wildman–Crippen LogP) is 2.66. The molecule has 0 aliphatic heterocycles. The standard InChI is InChI=1S/C14H16N2O2S/c15-14(16-17)10-11-3-5-12(6-4-11)18-8-7-13-2-1-9-19-13/h1-6,9,17H,7-8,10H2,(H2,15,16). The minimum absolute atomic E-state index is 0.200. The van der Waals surface area contributed by atoms with E-state index >= 15 is 0 Å². The van der Waals surface area contributed by atoms with Gasteiger partial charge in [0.25, 0.3) is 0 Å². The second kappa shape index (κ2) is 6.80. The van der Waals surface area contributed by atoms with Gasteiger partial charge in [-0.05, 0) is 29.1 Å². The molecular weight excluding hydrogens is 260 g/mol. The van der Waals surface area contributed by atoms with Gasteiger partial charge in [0.05, 0.1) is 6.61 Å². The quantitative estimate of drug-likeness (QED) is 0.369. The summed E-state index contributed by atoms with van der Waals surface area (Å²) >= 11 is 1.74. The van der Waals surface area contributed by atoms with Crippen molar-refractivity contribution in [3.05, 3.63) is 52.2 Å². The lowest BCUT2D eigenvalue weighted by molar-refractivity contribution is 0.317. The molecule has 0 atom stereocenters. The molecule has 3 N–H and O–H groups in total. The fourth-order valence-electron chi connectivity index (χ4n) is 1.67. The molecule has 0 spiro atoms. The summed E-state index contributed by atoms with van der Waals surface area (Å²) in [6.45, 7) is 0.667. The zero-order valence-electron chi connectivity index (χ0n) is 10.5. The van der Waals surface area contributed by atoms with Crippen molar-refractivity contribution in [2.75, 3.05) is 6.61 Å². The highest BCUT2D eigenvalue weighted by molar-refractivity contribution is 7.09. The molecule has 1 aromatic carbocycles. The average Bonchev–Trinajstić information content (AvgIpc) is 2.94. The second-order valence-electron chi connectivity index (χ2n) is 4.09. The van der Waals surface area contributed by atoms with Crippen molar-refractivity contribution >= 4 is 17.2 Å². The third kappa shape index (κ3) is 4.30. The van der Waals surface area contributed by atoms with Crippen molar-refractivity contribution in [2.45, 2.75) is 12.8 Å². The van der Waals surface area contributed by atoms with Crippen LogP contribution in [0.3, 0.4) is 0 Å². The normalized spacial score (nSPS) is 11.5. The summed E-state index contributed by atoms with van der Waals surface area (Å²) in [6.07, 6.45) is 1.36. The smallest absolute Gasteiger partial charge is 0.143 e. The fraction of sp³-hybridized carbons (Fsp3) is 0.214. The summed E-state index contributed by atoms with van der Waals surface area (Å²) < 4.78 is 5.66. The number of thiophene rings is 1. The highest BCUT2D eigenvalue weighted by Crippen LogP contribution is 2.14. The molecule has 100 valence electrons. The molecule has 0 aliphatic carbocycles. The van der Waals surface area contributed by atoms with Crippen LogP contribution >= 0.6 is 11.3 Å². The summed E-state index contributed by atoms with van der Waals surface area (Å²) in [6, 6.07) is 11.8. The monoisotopic (exact) mass is 276 g/mol. The van der Waals surface area contributed by atoms with Gasteiger partial charge in [-0.3, -0.25) is 0 Å². The Bertz CT molecular complexity index is 521. The Balaban J connectivity index is 1.81. The minimum Gasteiger partial charge on any atom is -0.493 e. The molecule has 4 nitrogen and oxygen atoms in total. The number of benzene rings is 1. The third-order valence-electron chi connectivity index (χ3n) is 2.63. The summed E-state index contributed by atoms with van der Waals surface area (Å²) in [5.41, 5.74) is 6.43. The Morgan fingerprint density at radius 1 is 1.26 bits per heavy atom. The maximum Gasteiger partial charge on any atom is 0.143 e. The first-order chi connectivity index (χ1) is 9.28. The van der Waals surface area contributed by atoms with Crippen molar-refractivity contribution in [3.63, 3.8) is 0 Å². The SMILES string of the molecule is NC(Cc1ccc(OCCc2cccs2)cc1)=NO. The lowest BCUT2D eigenvalue weighted by Gasteiger charge is -2.06. The van der Waals surface area contributed by atoms with Crippen molar-refractivity contribution in [3.8, 4) is 5.75 Å². The first kappa shape index (κ1) is 13.4. The highest BCUT2D eigenvalue weighted by atomic mass is 32.1. The summed E-state index contributed by atoms with van der Waals surface area (Å²) in [5.74, 6) is 1.03. The van der Waals surface area contributed by atoms with Gasteiger partial charge in [-0.25, -0.2) is 0 Å². The van der Waals surface area contributed by atoms with E-state index < -0.39 is 0 Å². The van der Waals surface area contributed by atoms with E-state index in [0.29, 0.717) is 13.0 Å². The molecule has 0 aliphatic rings. The van der Waals surface area contributed by atoms with E-state index in [1.54, 1.807) is 11.3 Å². The number of ether oxygens (including phenoxy) is 1. The van der Waals surface area contributed by atoms with E-state index in [9.17, 15) is 0 Å². The topological polar surface area (TPSA) is 67.8 Å². The molecule has 1 aromatic heterocycles. The molecule has 19 heavy (non-hydrogen) atoms. The largest absolute Gasteiger partial charge is 0.493 e. The Morgan fingerprint density at radius 3 is 2.68 bits per heavy atom. The van der Waals surface area contributed by atoms with Crippen molar-refractivity contribution < 1.29 is 9.94 Å². The van der Waals surface area contributed by atoms with Crippen molar-refractivity contribution in [2.24, 2.45) is 10.9 Å². The molecule has 0 fully saturated rings. The maximum atomic E-state index is 8.50. The number of nitrogens with zero attached hydrogens (tertiary/aromatic N) is 1. The average molecular weight is 276 g/mol. The van der Waals surface area contributed by atoms with Gasteiger partial charge in [0.15, 0.2) is 0 Å². The Morgan fingerprint density at radius 2 is 2.05 bits per heavy atom. The molecule has 2 rings (SSSR count). The molecule has 1 heterocycles. The molecule has 0 saturated heterocycles. The number of hydrogen-bond acceptors (Lipinski definition) is 4. The van der Waals surface area contributed by atoms with Crippen LogP contribution in [0.2, 0.25) is 0 Å². The zero-order valence-corrected chi connectivity index (χ0v) is 11.3. The van der Waals surface area contributed by atoms with Crippen LogP contribution in [-0.4, -0.2) is 17.6 Å². The van der Waals surface area contributed by atoms with Crippen LogP contribution in [0.25, 0.3) is 0 Å². The Hall–Kier alpha value is -2.01. The highest BCUT2D eigenvalue weighted by Gasteiger charge is 1.99. The zero-order chi connectivity index (χ0) is 13.5. The van der Waals surface area contributed by atoms with E-state index in [0.717, 1.165) is 17.7 Å². The van der Waals surface area contributed by atoms with Crippen LogP contribution in [-0.2, 0) is 12.8 Å². The lowest BCUT2D eigenvalue weighted by Crippen LogP contribution is -2.14. The van der Waals surface area contributed by atoms with Crippen LogP contribution in [0.4, 0.5) is 0 Å². The molecule has 0 bridgehead atoms. The van der Waals surface area contributed by atoms with Crippen LogP contribution in [0.15, 0.2) is 46.9 Å².